The molecule has 0 unspecified atom stereocenters. The van der Waals surface area contributed by atoms with Gasteiger partial charge in [-0.1, -0.05) is 34.1 Å². The predicted octanol–water partition coefficient (Wildman–Crippen LogP) is 3.31. The highest BCUT2D eigenvalue weighted by Crippen LogP contribution is 2.47. The van der Waals surface area contributed by atoms with Gasteiger partial charge >= 0.3 is 0 Å². The van der Waals surface area contributed by atoms with Crippen LogP contribution in [0, 0.1) is 5.92 Å². The molecule has 3 nitrogen and oxygen atoms in total. The average molecular weight is 345 g/mol. The molecule has 1 heterocycles. The first-order valence-corrected chi connectivity index (χ1v) is 7.96. The third-order valence-corrected chi connectivity index (χ3v) is 4.36. The molecule has 1 N–H and O–H groups in total. The summed E-state index contributed by atoms with van der Waals surface area (Å²) in [6.45, 7) is 0.652. The highest BCUT2D eigenvalue weighted by molar-refractivity contribution is 9.10. The van der Waals surface area contributed by atoms with Crippen LogP contribution in [0.1, 0.15) is 23.6 Å². The molecular formula is C17H17BrN2O. The number of hydrogen-bond acceptors (Lipinski definition) is 2. The Labute approximate surface area is 132 Å². The van der Waals surface area contributed by atoms with Crippen molar-refractivity contribution in [2.45, 2.75) is 18.8 Å². The van der Waals surface area contributed by atoms with Crippen LogP contribution in [0.25, 0.3) is 0 Å². The number of pyridine rings is 1. The van der Waals surface area contributed by atoms with Crippen molar-refractivity contribution in [2.75, 3.05) is 6.54 Å². The summed E-state index contributed by atoms with van der Waals surface area (Å²) >= 11 is 3.43. The van der Waals surface area contributed by atoms with Gasteiger partial charge in [0.1, 0.15) is 0 Å². The number of carbonyl (C=O) groups excluding carboxylic acids is 1. The minimum absolute atomic E-state index is 0.134. The lowest BCUT2D eigenvalue weighted by Gasteiger charge is -2.05. The van der Waals surface area contributed by atoms with Crippen LogP contribution in [0.2, 0.25) is 0 Å². The topological polar surface area (TPSA) is 42.0 Å². The largest absolute Gasteiger partial charge is 0.355 e. The summed E-state index contributed by atoms with van der Waals surface area (Å²) in [6, 6.07) is 14.1. The van der Waals surface area contributed by atoms with Crippen LogP contribution < -0.4 is 5.32 Å². The number of carbonyl (C=O) groups is 1. The second-order valence-corrected chi connectivity index (χ2v) is 6.28. The number of rotatable bonds is 5. The van der Waals surface area contributed by atoms with Crippen molar-refractivity contribution in [3.63, 3.8) is 0 Å². The van der Waals surface area contributed by atoms with Gasteiger partial charge in [-0.3, -0.25) is 9.78 Å². The SMILES string of the molecule is O=C(NCCc1ccccn1)[C@@H]1C[C@@H]1c1ccc(Br)cc1. The van der Waals surface area contributed by atoms with Gasteiger partial charge in [0, 0.05) is 35.2 Å². The molecule has 0 saturated heterocycles. The fourth-order valence-electron chi connectivity index (χ4n) is 2.55. The third-order valence-electron chi connectivity index (χ3n) is 3.83. The maximum atomic E-state index is 12.1. The molecule has 1 fully saturated rings. The van der Waals surface area contributed by atoms with Crippen molar-refractivity contribution in [1.82, 2.24) is 10.3 Å². The Hall–Kier alpha value is -1.68. The lowest BCUT2D eigenvalue weighted by Crippen LogP contribution is -2.27. The van der Waals surface area contributed by atoms with Gasteiger partial charge in [-0.15, -0.1) is 0 Å². The van der Waals surface area contributed by atoms with Crippen molar-refractivity contribution in [1.29, 1.82) is 0 Å². The Bertz CT molecular complexity index is 612. The standard InChI is InChI=1S/C17H17BrN2O/c18-13-6-4-12(5-7-13)15-11-16(15)17(21)20-10-8-14-3-1-2-9-19-14/h1-7,9,15-16H,8,10-11H2,(H,20,21)/t15-,16-/m1/s1. The predicted molar refractivity (Wildman–Crippen MR) is 85.9 cm³/mol. The van der Waals surface area contributed by atoms with E-state index in [1.54, 1.807) is 6.20 Å². The lowest BCUT2D eigenvalue weighted by atomic mass is 10.1. The normalized spacial score (nSPS) is 20.0. The van der Waals surface area contributed by atoms with Crippen molar-refractivity contribution in [3.8, 4) is 0 Å². The van der Waals surface area contributed by atoms with Crippen LogP contribution in [-0.4, -0.2) is 17.4 Å². The second-order valence-electron chi connectivity index (χ2n) is 5.36. The summed E-state index contributed by atoms with van der Waals surface area (Å²) in [6.07, 6.45) is 3.51. The van der Waals surface area contributed by atoms with Gasteiger partial charge in [-0.2, -0.15) is 0 Å². The summed E-state index contributed by atoms with van der Waals surface area (Å²) in [4.78, 5) is 16.4. The van der Waals surface area contributed by atoms with Crippen LogP contribution in [0.15, 0.2) is 53.1 Å². The smallest absolute Gasteiger partial charge is 0.223 e. The summed E-state index contributed by atoms with van der Waals surface area (Å²) in [5, 5.41) is 3.02. The van der Waals surface area contributed by atoms with Crippen molar-refractivity contribution < 1.29 is 4.79 Å². The highest BCUT2D eigenvalue weighted by Gasteiger charge is 2.43. The first-order valence-electron chi connectivity index (χ1n) is 7.17. The summed E-state index contributed by atoms with van der Waals surface area (Å²) in [5.74, 6) is 0.682. The van der Waals surface area contributed by atoms with Crippen LogP contribution in [0.4, 0.5) is 0 Å². The molecule has 0 spiro atoms. The minimum Gasteiger partial charge on any atom is -0.355 e. The van der Waals surface area contributed by atoms with E-state index in [-0.39, 0.29) is 11.8 Å². The zero-order valence-corrected chi connectivity index (χ0v) is 13.2. The van der Waals surface area contributed by atoms with E-state index in [1.807, 2.05) is 30.3 Å². The van der Waals surface area contributed by atoms with Gasteiger partial charge < -0.3 is 5.32 Å². The van der Waals surface area contributed by atoms with Gasteiger partial charge in [0.2, 0.25) is 5.91 Å². The molecule has 0 radical (unpaired) electrons. The molecule has 0 bridgehead atoms. The molecular weight excluding hydrogens is 328 g/mol. The molecule has 1 aliphatic carbocycles. The fraction of sp³-hybridized carbons (Fsp3) is 0.294. The van der Waals surface area contributed by atoms with Crippen molar-refractivity contribution >= 4 is 21.8 Å². The first-order chi connectivity index (χ1) is 10.2. The quantitative estimate of drug-likeness (QED) is 0.903. The summed E-state index contributed by atoms with van der Waals surface area (Å²) in [5.41, 5.74) is 2.26. The summed E-state index contributed by atoms with van der Waals surface area (Å²) < 4.78 is 1.07. The number of nitrogens with zero attached hydrogens (tertiary/aromatic N) is 1. The molecule has 0 aliphatic heterocycles. The van der Waals surface area contributed by atoms with Crippen molar-refractivity contribution in [2.24, 2.45) is 5.92 Å². The van der Waals surface area contributed by atoms with E-state index < -0.39 is 0 Å². The van der Waals surface area contributed by atoms with Gasteiger partial charge in [-0.25, -0.2) is 0 Å². The molecule has 1 aromatic carbocycles. The second kappa shape index (κ2) is 6.39. The average Bonchev–Trinajstić information content (AvgIpc) is 3.30. The van der Waals surface area contributed by atoms with Gasteiger partial charge in [0.15, 0.2) is 0 Å². The molecule has 1 aliphatic rings. The molecule has 1 amide bonds. The maximum Gasteiger partial charge on any atom is 0.223 e. The molecule has 1 aromatic heterocycles. The van der Waals surface area contributed by atoms with Crippen LogP contribution >= 0.6 is 15.9 Å². The Balaban J connectivity index is 1.46. The van der Waals surface area contributed by atoms with Crippen LogP contribution in [0.3, 0.4) is 0 Å². The molecule has 21 heavy (non-hydrogen) atoms. The zero-order valence-electron chi connectivity index (χ0n) is 11.6. The van der Waals surface area contributed by atoms with E-state index >= 15 is 0 Å². The minimum atomic E-state index is 0.134. The lowest BCUT2D eigenvalue weighted by molar-refractivity contribution is -0.122. The molecule has 2 atom stereocenters. The fourth-order valence-corrected chi connectivity index (χ4v) is 2.82. The van der Waals surface area contributed by atoms with Gasteiger partial charge in [-0.05, 0) is 42.2 Å². The van der Waals surface area contributed by atoms with E-state index in [1.165, 1.54) is 5.56 Å². The van der Waals surface area contributed by atoms with Crippen LogP contribution in [0.5, 0.6) is 0 Å². The van der Waals surface area contributed by atoms with E-state index in [9.17, 15) is 4.79 Å². The number of nitrogens with one attached hydrogen (secondary N) is 1. The Morgan fingerprint density at radius 1 is 1.24 bits per heavy atom. The third kappa shape index (κ3) is 3.70. The molecule has 2 aromatic rings. The Kier molecular flexibility index (Phi) is 4.34. The number of aromatic nitrogens is 1. The molecule has 1 saturated carbocycles. The van der Waals surface area contributed by atoms with Crippen LogP contribution in [-0.2, 0) is 11.2 Å². The highest BCUT2D eigenvalue weighted by atomic mass is 79.9. The van der Waals surface area contributed by atoms with Gasteiger partial charge in [0.05, 0.1) is 0 Å². The van der Waals surface area contributed by atoms with E-state index in [2.05, 4.69) is 38.4 Å². The number of benzene rings is 1. The Morgan fingerprint density at radius 3 is 2.76 bits per heavy atom. The van der Waals surface area contributed by atoms with Crippen molar-refractivity contribution in [3.05, 3.63) is 64.4 Å². The Morgan fingerprint density at radius 2 is 2.05 bits per heavy atom. The zero-order chi connectivity index (χ0) is 14.7. The maximum absolute atomic E-state index is 12.1. The summed E-state index contributed by atoms with van der Waals surface area (Å²) in [7, 11) is 0. The van der Waals surface area contributed by atoms with E-state index in [0.29, 0.717) is 12.5 Å². The van der Waals surface area contributed by atoms with Gasteiger partial charge in [0.25, 0.3) is 0 Å². The molecule has 108 valence electrons. The first kappa shape index (κ1) is 14.3. The monoisotopic (exact) mass is 344 g/mol. The number of amides is 1. The molecule has 4 heteroatoms. The van der Waals surface area contributed by atoms with E-state index in [4.69, 9.17) is 0 Å². The molecule has 3 rings (SSSR count). The number of hydrogen-bond donors (Lipinski definition) is 1. The van der Waals surface area contributed by atoms with E-state index in [0.717, 1.165) is 23.0 Å². The number of halogens is 1.